The molecule has 2 N–H and O–H groups in total. The zero-order valence-electron chi connectivity index (χ0n) is 13.2. The Kier molecular flexibility index (Phi) is 4.46. The molecule has 2 bridgehead atoms. The molecule has 3 fully saturated rings. The number of carbonyl (C=O) groups is 1. The van der Waals surface area contributed by atoms with Crippen molar-refractivity contribution in [1.29, 1.82) is 0 Å². The third-order valence-electron chi connectivity index (χ3n) is 4.94. The van der Waals surface area contributed by atoms with E-state index < -0.39 is 5.54 Å². The van der Waals surface area contributed by atoms with Crippen molar-refractivity contribution in [2.24, 2.45) is 5.92 Å². The van der Waals surface area contributed by atoms with E-state index in [2.05, 4.69) is 37.5 Å². The molecular formula is C17H24BrN3O. The molecule has 3 heterocycles. The zero-order chi connectivity index (χ0) is 15.7. The molecule has 0 radical (unpaired) electrons. The first-order chi connectivity index (χ1) is 10.4. The van der Waals surface area contributed by atoms with Crippen molar-refractivity contribution >= 4 is 22.0 Å². The van der Waals surface area contributed by atoms with Gasteiger partial charge in [-0.2, -0.15) is 0 Å². The Morgan fingerprint density at radius 1 is 1.32 bits per heavy atom. The van der Waals surface area contributed by atoms with Gasteiger partial charge in [0.15, 0.2) is 0 Å². The Labute approximate surface area is 140 Å². The summed E-state index contributed by atoms with van der Waals surface area (Å²) in [4.78, 5) is 14.9. The molecular weight excluding hydrogens is 342 g/mol. The van der Waals surface area contributed by atoms with Crippen LogP contribution in [0.1, 0.15) is 32.3 Å². The Balaban J connectivity index is 1.61. The maximum absolute atomic E-state index is 12.4. The van der Waals surface area contributed by atoms with E-state index >= 15 is 0 Å². The van der Waals surface area contributed by atoms with Crippen LogP contribution < -0.4 is 10.6 Å². The average molecular weight is 366 g/mol. The minimum Gasteiger partial charge on any atom is -0.334 e. The van der Waals surface area contributed by atoms with Gasteiger partial charge in [-0.3, -0.25) is 0 Å². The molecule has 2 amide bonds. The second-order valence-corrected chi connectivity index (χ2v) is 7.89. The summed E-state index contributed by atoms with van der Waals surface area (Å²) in [6.45, 7) is 7.44. The van der Waals surface area contributed by atoms with E-state index in [0.717, 1.165) is 16.6 Å². The second kappa shape index (κ2) is 6.20. The van der Waals surface area contributed by atoms with Crippen molar-refractivity contribution in [1.82, 2.24) is 15.5 Å². The van der Waals surface area contributed by atoms with Gasteiger partial charge in [0.1, 0.15) is 0 Å². The Hall–Kier alpha value is -1.07. The first kappa shape index (κ1) is 15.8. The summed E-state index contributed by atoms with van der Waals surface area (Å²) in [7, 11) is 0. The van der Waals surface area contributed by atoms with Crippen LogP contribution in [-0.2, 0) is 5.54 Å². The standard InChI is InChI=1S/C17H24BrN3O/c1-17(2,13-4-3-5-14(18)10-13)20-16(22)19-15-11-21-8-6-12(15)7-9-21/h3-5,10,12,15H,6-9,11H2,1-2H3,(H2,19,20,22). The SMILES string of the molecule is CC(C)(NC(=O)NC1CN2CCC1CC2)c1cccc(Br)c1. The maximum atomic E-state index is 12.4. The van der Waals surface area contributed by atoms with Crippen molar-refractivity contribution in [3.05, 3.63) is 34.3 Å². The lowest BCUT2D eigenvalue weighted by atomic mass is 9.84. The number of nitrogens with zero attached hydrogens (tertiary/aromatic N) is 1. The van der Waals surface area contributed by atoms with E-state index in [4.69, 9.17) is 0 Å². The van der Waals surface area contributed by atoms with Crippen molar-refractivity contribution in [2.75, 3.05) is 19.6 Å². The zero-order valence-corrected chi connectivity index (χ0v) is 14.8. The minimum absolute atomic E-state index is 0.0660. The number of hydrogen-bond donors (Lipinski definition) is 2. The largest absolute Gasteiger partial charge is 0.334 e. The highest BCUT2D eigenvalue weighted by atomic mass is 79.9. The van der Waals surface area contributed by atoms with Crippen LogP contribution in [0.3, 0.4) is 0 Å². The molecule has 0 aliphatic carbocycles. The highest BCUT2D eigenvalue weighted by Crippen LogP contribution is 2.28. The van der Waals surface area contributed by atoms with Crippen LogP contribution in [-0.4, -0.2) is 36.6 Å². The first-order valence-electron chi connectivity index (χ1n) is 8.01. The monoisotopic (exact) mass is 365 g/mol. The van der Waals surface area contributed by atoms with Crippen LogP contribution >= 0.6 is 15.9 Å². The van der Waals surface area contributed by atoms with E-state index in [0.29, 0.717) is 12.0 Å². The van der Waals surface area contributed by atoms with E-state index in [1.54, 1.807) is 0 Å². The van der Waals surface area contributed by atoms with Gasteiger partial charge in [-0.05, 0) is 63.4 Å². The molecule has 3 aliphatic heterocycles. The number of carbonyl (C=O) groups excluding carboxylic acids is 1. The Morgan fingerprint density at radius 3 is 2.64 bits per heavy atom. The molecule has 5 heteroatoms. The van der Waals surface area contributed by atoms with Gasteiger partial charge in [0.25, 0.3) is 0 Å². The molecule has 4 rings (SSSR count). The molecule has 1 aromatic rings. The van der Waals surface area contributed by atoms with Gasteiger partial charge < -0.3 is 15.5 Å². The molecule has 0 aromatic heterocycles. The van der Waals surface area contributed by atoms with Crippen LogP contribution in [0.2, 0.25) is 0 Å². The van der Waals surface area contributed by atoms with Gasteiger partial charge in [0, 0.05) is 17.1 Å². The molecule has 22 heavy (non-hydrogen) atoms. The van der Waals surface area contributed by atoms with E-state index in [-0.39, 0.29) is 6.03 Å². The number of nitrogens with one attached hydrogen (secondary N) is 2. The number of piperidine rings is 3. The fourth-order valence-electron chi connectivity index (χ4n) is 3.57. The van der Waals surface area contributed by atoms with Crippen LogP contribution in [0.25, 0.3) is 0 Å². The molecule has 1 atom stereocenters. The highest BCUT2D eigenvalue weighted by Gasteiger charge is 2.35. The number of halogens is 1. The summed E-state index contributed by atoms with van der Waals surface area (Å²) < 4.78 is 1.03. The summed E-state index contributed by atoms with van der Waals surface area (Å²) >= 11 is 3.49. The second-order valence-electron chi connectivity index (χ2n) is 6.98. The van der Waals surface area contributed by atoms with Gasteiger partial charge in [0.05, 0.1) is 5.54 Å². The van der Waals surface area contributed by atoms with Crippen LogP contribution in [0.4, 0.5) is 4.79 Å². The van der Waals surface area contributed by atoms with Gasteiger partial charge in [-0.15, -0.1) is 0 Å². The molecule has 120 valence electrons. The van der Waals surface area contributed by atoms with Crippen molar-refractivity contribution < 1.29 is 4.79 Å². The maximum Gasteiger partial charge on any atom is 0.315 e. The quantitative estimate of drug-likeness (QED) is 0.864. The normalized spacial score (nSPS) is 27.5. The summed E-state index contributed by atoms with van der Waals surface area (Å²) in [5, 5.41) is 6.30. The topological polar surface area (TPSA) is 44.4 Å². The number of rotatable bonds is 3. The lowest BCUT2D eigenvalue weighted by Crippen LogP contribution is -2.60. The van der Waals surface area contributed by atoms with Crippen LogP contribution in [0, 0.1) is 5.92 Å². The molecule has 3 saturated heterocycles. The number of urea groups is 1. The number of benzene rings is 1. The van der Waals surface area contributed by atoms with Crippen molar-refractivity contribution in [2.45, 2.75) is 38.3 Å². The third kappa shape index (κ3) is 3.46. The predicted octanol–water partition coefficient (Wildman–Crippen LogP) is 3.08. The van der Waals surface area contributed by atoms with Crippen LogP contribution in [0.5, 0.6) is 0 Å². The minimum atomic E-state index is -0.401. The van der Waals surface area contributed by atoms with E-state index in [9.17, 15) is 4.79 Å². The van der Waals surface area contributed by atoms with Crippen molar-refractivity contribution in [3.63, 3.8) is 0 Å². The molecule has 0 spiro atoms. The number of amides is 2. The molecule has 1 aromatic carbocycles. The summed E-state index contributed by atoms with van der Waals surface area (Å²) in [5.41, 5.74) is 0.688. The average Bonchev–Trinajstić information content (AvgIpc) is 2.48. The van der Waals surface area contributed by atoms with E-state index in [1.807, 2.05) is 32.0 Å². The van der Waals surface area contributed by atoms with Gasteiger partial charge in [-0.1, -0.05) is 28.1 Å². The lowest BCUT2D eigenvalue weighted by molar-refractivity contribution is 0.0760. The smallest absolute Gasteiger partial charge is 0.315 e. The summed E-state index contributed by atoms with van der Waals surface area (Å²) in [5.74, 6) is 0.643. The lowest BCUT2D eigenvalue weighted by Gasteiger charge is -2.45. The Bertz CT molecular complexity index is 553. The molecule has 4 nitrogen and oxygen atoms in total. The number of hydrogen-bond acceptors (Lipinski definition) is 2. The van der Waals surface area contributed by atoms with Gasteiger partial charge >= 0.3 is 6.03 Å². The molecule has 0 saturated carbocycles. The summed E-state index contributed by atoms with van der Waals surface area (Å²) in [6, 6.07) is 8.30. The number of fused-ring (bicyclic) bond motifs is 3. The predicted molar refractivity (Wildman–Crippen MR) is 91.8 cm³/mol. The summed E-state index contributed by atoms with van der Waals surface area (Å²) in [6.07, 6.45) is 2.42. The fourth-order valence-corrected chi connectivity index (χ4v) is 3.97. The fraction of sp³-hybridized carbons (Fsp3) is 0.588. The third-order valence-corrected chi connectivity index (χ3v) is 5.44. The van der Waals surface area contributed by atoms with Gasteiger partial charge in [0.2, 0.25) is 0 Å². The highest BCUT2D eigenvalue weighted by molar-refractivity contribution is 9.10. The van der Waals surface area contributed by atoms with Crippen LogP contribution in [0.15, 0.2) is 28.7 Å². The molecule has 3 aliphatic rings. The van der Waals surface area contributed by atoms with E-state index in [1.165, 1.54) is 25.9 Å². The molecule has 1 unspecified atom stereocenters. The first-order valence-corrected chi connectivity index (χ1v) is 8.80. The van der Waals surface area contributed by atoms with Crippen molar-refractivity contribution in [3.8, 4) is 0 Å². The Morgan fingerprint density at radius 2 is 2.05 bits per heavy atom. The van der Waals surface area contributed by atoms with Gasteiger partial charge in [-0.25, -0.2) is 4.79 Å².